The van der Waals surface area contributed by atoms with E-state index in [1.807, 2.05) is 43.3 Å². The number of aromatic nitrogens is 1. The Morgan fingerprint density at radius 2 is 1.68 bits per heavy atom. The van der Waals surface area contributed by atoms with Crippen LogP contribution in [-0.4, -0.2) is 16.5 Å². The van der Waals surface area contributed by atoms with E-state index in [1.165, 1.54) is 0 Å². The standard InChI is InChI=1S/C22H18N2O/c1-15-11-18(9-10-23-15)22-14-20(25)13-19-12-17(7-8-21(19)24-22)16-5-3-2-4-6-16/h2-12H,13-14H2,1H3. The van der Waals surface area contributed by atoms with Crippen molar-refractivity contribution in [3.8, 4) is 11.1 Å². The maximum absolute atomic E-state index is 12.5. The van der Waals surface area contributed by atoms with Gasteiger partial charge in [0.2, 0.25) is 0 Å². The number of carbonyl (C=O) groups is 1. The second kappa shape index (κ2) is 6.44. The first-order valence-corrected chi connectivity index (χ1v) is 8.40. The molecule has 3 aromatic rings. The quantitative estimate of drug-likeness (QED) is 0.685. The molecule has 0 fully saturated rings. The van der Waals surface area contributed by atoms with E-state index in [0.717, 1.165) is 39.3 Å². The first kappa shape index (κ1) is 15.5. The van der Waals surface area contributed by atoms with Gasteiger partial charge < -0.3 is 0 Å². The summed E-state index contributed by atoms with van der Waals surface area (Å²) >= 11 is 0. The number of hydrogen-bond acceptors (Lipinski definition) is 3. The number of pyridine rings is 1. The second-order valence-corrected chi connectivity index (χ2v) is 6.35. The number of carbonyl (C=O) groups excluding carboxylic acids is 1. The van der Waals surface area contributed by atoms with Crippen LogP contribution in [-0.2, 0) is 11.2 Å². The predicted octanol–water partition coefficient (Wildman–Crippen LogP) is 4.69. The highest BCUT2D eigenvalue weighted by molar-refractivity contribution is 6.13. The smallest absolute Gasteiger partial charge is 0.143 e. The van der Waals surface area contributed by atoms with Gasteiger partial charge in [0.05, 0.1) is 11.4 Å². The molecule has 2 heterocycles. The fourth-order valence-electron chi connectivity index (χ4n) is 3.18. The van der Waals surface area contributed by atoms with Gasteiger partial charge in [-0.25, -0.2) is 0 Å². The Hall–Kier alpha value is -3.07. The molecule has 1 aliphatic rings. The maximum atomic E-state index is 12.5. The topological polar surface area (TPSA) is 42.3 Å². The molecule has 3 heteroatoms. The average molecular weight is 326 g/mol. The normalized spacial score (nSPS) is 13.8. The Bertz CT molecular complexity index is 974. The molecule has 0 unspecified atom stereocenters. The lowest BCUT2D eigenvalue weighted by atomic mass is 9.98. The third kappa shape index (κ3) is 3.26. The van der Waals surface area contributed by atoms with Gasteiger partial charge >= 0.3 is 0 Å². The molecule has 0 bridgehead atoms. The Balaban J connectivity index is 1.78. The molecule has 1 aromatic heterocycles. The molecule has 4 rings (SSSR count). The second-order valence-electron chi connectivity index (χ2n) is 6.35. The van der Waals surface area contributed by atoms with E-state index in [-0.39, 0.29) is 5.78 Å². The number of benzene rings is 2. The van der Waals surface area contributed by atoms with Crippen molar-refractivity contribution in [2.24, 2.45) is 4.99 Å². The van der Waals surface area contributed by atoms with Crippen LogP contribution in [0.4, 0.5) is 5.69 Å². The van der Waals surface area contributed by atoms with Crippen LogP contribution < -0.4 is 0 Å². The summed E-state index contributed by atoms with van der Waals surface area (Å²) in [6.07, 6.45) is 2.55. The number of nitrogens with zero attached hydrogens (tertiary/aromatic N) is 2. The molecule has 2 aromatic carbocycles. The van der Waals surface area contributed by atoms with Crippen molar-refractivity contribution in [3.05, 3.63) is 83.7 Å². The van der Waals surface area contributed by atoms with Crippen LogP contribution in [0, 0.1) is 6.92 Å². The van der Waals surface area contributed by atoms with E-state index in [4.69, 9.17) is 4.99 Å². The van der Waals surface area contributed by atoms with Gasteiger partial charge in [0, 0.05) is 24.7 Å². The highest BCUT2D eigenvalue weighted by Crippen LogP contribution is 2.30. The summed E-state index contributed by atoms with van der Waals surface area (Å²) in [5.41, 5.74) is 6.86. The number of aryl methyl sites for hydroxylation is 1. The Morgan fingerprint density at radius 1 is 0.840 bits per heavy atom. The molecule has 0 N–H and O–H groups in total. The van der Waals surface area contributed by atoms with Gasteiger partial charge in [-0.1, -0.05) is 36.4 Å². The van der Waals surface area contributed by atoms with Crippen molar-refractivity contribution in [2.45, 2.75) is 19.8 Å². The van der Waals surface area contributed by atoms with Crippen LogP contribution >= 0.6 is 0 Å². The van der Waals surface area contributed by atoms with Crippen LogP contribution in [0.2, 0.25) is 0 Å². The highest BCUT2D eigenvalue weighted by atomic mass is 16.1. The van der Waals surface area contributed by atoms with Crippen molar-refractivity contribution < 1.29 is 4.79 Å². The van der Waals surface area contributed by atoms with Crippen molar-refractivity contribution in [3.63, 3.8) is 0 Å². The first-order chi connectivity index (χ1) is 12.2. The molecule has 3 nitrogen and oxygen atoms in total. The number of Topliss-reactive ketones (excluding diaryl/α,β-unsaturated/α-hetero) is 1. The molecule has 25 heavy (non-hydrogen) atoms. The third-order valence-corrected chi connectivity index (χ3v) is 4.42. The van der Waals surface area contributed by atoms with Crippen LogP contribution in [0.3, 0.4) is 0 Å². The number of fused-ring (bicyclic) bond motifs is 1. The molecule has 1 aliphatic heterocycles. The van der Waals surface area contributed by atoms with Crippen LogP contribution in [0.5, 0.6) is 0 Å². The average Bonchev–Trinajstić information content (AvgIpc) is 2.80. The van der Waals surface area contributed by atoms with E-state index in [0.29, 0.717) is 12.8 Å². The summed E-state index contributed by atoms with van der Waals surface area (Å²) in [5, 5.41) is 0. The summed E-state index contributed by atoms with van der Waals surface area (Å²) < 4.78 is 0. The Kier molecular flexibility index (Phi) is 3.98. The molecular formula is C22H18N2O. The summed E-state index contributed by atoms with van der Waals surface area (Å²) in [7, 11) is 0. The molecular weight excluding hydrogens is 308 g/mol. The molecule has 0 spiro atoms. The molecule has 0 aliphatic carbocycles. The van der Waals surface area contributed by atoms with Crippen molar-refractivity contribution in [1.29, 1.82) is 0 Å². The van der Waals surface area contributed by atoms with Gasteiger partial charge in [0.15, 0.2) is 0 Å². The zero-order valence-corrected chi connectivity index (χ0v) is 14.1. The largest absolute Gasteiger partial charge is 0.299 e. The summed E-state index contributed by atoms with van der Waals surface area (Å²) in [5.74, 6) is 0.192. The zero-order valence-electron chi connectivity index (χ0n) is 14.1. The van der Waals surface area contributed by atoms with Gasteiger partial charge in [-0.05, 0) is 53.4 Å². The number of aliphatic imine (C=N–C) groups is 1. The lowest BCUT2D eigenvalue weighted by molar-refractivity contribution is -0.117. The summed E-state index contributed by atoms with van der Waals surface area (Å²) in [4.78, 5) is 21.5. The molecule has 0 radical (unpaired) electrons. The molecule has 0 saturated heterocycles. The Labute approximate surface area is 147 Å². The van der Waals surface area contributed by atoms with Gasteiger partial charge in [0.1, 0.15) is 5.78 Å². The van der Waals surface area contributed by atoms with Crippen LogP contribution in [0.25, 0.3) is 11.1 Å². The van der Waals surface area contributed by atoms with Crippen molar-refractivity contribution in [1.82, 2.24) is 4.98 Å². The first-order valence-electron chi connectivity index (χ1n) is 8.40. The van der Waals surface area contributed by atoms with Crippen molar-refractivity contribution in [2.75, 3.05) is 0 Å². The van der Waals surface area contributed by atoms with Gasteiger partial charge in [-0.15, -0.1) is 0 Å². The molecule has 0 amide bonds. The monoisotopic (exact) mass is 326 g/mol. The van der Waals surface area contributed by atoms with Gasteiger partial charge in [-0.2, -0.15) is 0 Å². The zero-order chi connectivity index (χ0) is 17.2. The fourth-order valence-corrected chi connectivity index (χ4v) is 3.18. The van der Waals surface area contributed by atoms with E-state index in [2.05, 4.69) is 29.2 Å². The Morgan fingerprint density at radius 3 is 2.48 bits per heavy atom. The lowest BCUT2D eigenvalue weighted by Gasteiger charge is -2.07. The van der Waals surface area contributed by atoms with E-state index >= 15 is 0 Å². The summed E-state index contributed by atoms with van der Waals surface area (Å²) in [6, 6.07) is 20.3. The van der Waals surface area contributed by atoms with E-state index < -0.39 is 0 Å². The fraction of sp³-hybridized carbons (Fsp3) is 0.136. The van der Waals surface area contributed by atoms with Crippen molar-refractivity contribution >= 4 is 17.2 Å². The SMILES string of the molecule is Cc1cc(C2=Nc3ccc(-c4ccccc4)cc3CC(=O)C2)ccn1. The predicted molar refractivity (Wildman–Crippen MR) is 100 cm³/mol. The van der Waals surface area contributed by atoms with Crippen LogP contribution in [0.15, 0.2) is 71.9 Å². The minimum atomic E-state index is 0.192. The lowest BCUT2D eigenvalue weighted by Crippen LogP contribution is -2.09. The highest BCUT2D eigenvalue weighted by Gasteiger charge is 2.18. The van der Waals surface area contributed by atoms with Crippen LogP contribution in [0.1, 0.15) is 23.2 Å². The van der Waals surface area contributed by atoms with Gasteiger partial charge in [0.25, 0.3) is 0 Å². The molecule has 0 atom stereocenters. The van der Waals surface area contributed by atoms with E-state index in [1.54, 1.807) is 6.20 Å². The molecule has 122 valence electrons. The minimum absolute atomic E-state index is 0.192. The molecule has 0 saturated carbocycles. The number of rotatable bonds is 2. The third-order valence-electron chi connectivity index (χ3n) is 4.42. The summed E-state index contributed by atoms with van der Waals surface area (Å²) in [6.45, 7) is 1.95. The number of hydrogen-bond donors (Lipinski definition) is 0. The van der Waals surface area contributed by atoms with Gasteiger partial charge in [-0.3, -0.25) is 14.8 Å². The maximum Gasteiger partial charge on any atom is 0.143 e. The number of ketones is 1. The minimum Gasteiger partial charge on any atom is -0.299 e. The van der Waals surface area contributed by atoms with E-state index in [9.17, 15) is 4.79 Å².